The first-order chi connectivity index (χ1) is 19.8. The number of carbonyl (C=O) groups excluding carboxylic acids is 1. The predicted molar refractivity (Wildman–Crippen MR) is 163 cm³/mol. The number of ether oxygens (including phenoxy) is 1. The average Bonchev–Trinajstić information content (AvgIpc) is 3.27. The van der Waals surface area contributed by atoms with Crippen LogP contribution in [0.15, 0.2) is 78.9 Å². The van der Waals surface area contributed by atoms with Gasteiger partial charge in [-0.3, -0.25) is 9.69 Å². The number of amides is 2. The summed E-state index contributed by atoms with van der Waals surface area (Å²) < 4.78 is 26.4. The number of carboxylic acid groups (broad SMARTS) is 1. The molecule has 9 heteroatoms. The summed E-state index contributed by atoms with van der Waals surface area (Å²) in [4.78, 5) is 27.7. The summed E-state index contributed by atoms with van der Waals surface area (Å²) in [6.45, 7) is 10.4. The molecule has 0 bridgehead atoms. The number of nitrogens with zero attached hydrogens (tertiary/aromatic N) is 1. The highest BCUT2D eigenvalue weighted by atomic mass is 28.4. The number of rotatable bonds is 10. The molecule has 4 rings (SSSR count). The number of carbonyl (C=O) groups is 2. The lowest BCUT2D eigenvalue weighted by molar-refractivity contribution is -0.133. The zero-order valence-corrected chi connectivity index (χ0v) is 26.0. The molecule has 1 heterocycles. The standard InChI is InChI=1S/C33H41FN2O5Si/c1-32(2,3)42(4,5)41-22-33(30(35)37)26(19-23-11-7-6-8-12-23)20-29(36(33)31(38)39)24-15-17-27(18-16-24)40-21-25-13-9-10-14-28(25)34/h6-18,26,29H,19-22H2,1-5H3,(H2,35,37)(H,38,39)/t26?,29-,33+/m1/s1. The molecule has 224 valence electrons. The molecule has 1 saturated heterocycles. The molecule has 42 heavy (non-hydrogen) atoms. The van der Waals surface area contributed by atoms with Crippen molar-refractivity contribution in [1.29, 1.82) is 0 Å². The Morgan fingerprint density at radius 2 is 1.64 bits per heavy atom. The van der Waals surface area contributed by atoms with Gasteiger partial charge in [-0.15, -0.1) is 0 Å². The lowest BCUT2D eigenvalue weighted by Gasteiger charge is -2.44. The number of benzene rings is 3. The predicted octanol–water partition coefficient (Wildman–Crippen LogP) is 6.93. The lowest BCUT2D eigenvalue weighted by atomic mass is 9.80. The van der Waals surface area contributed by atoms with Gasteiger partial charge in [-0.25, -0.2) is 9.18 Å². The number of halogens is 1. The zero-order chi connectivity index (χ0) is 30.7. The first-order valence-corrected chi connectivity index (χ1v) is 17.1. The Kier molecular flexibility index (Phi) is 9.13. The van der Waals surface area contributed by atoms with E-state index in [2.05, 4.69) is 33.9 Å². The van der Waals surface area contributed by atoms with Gasteiger partial charge >= 0.3 is 6.09 Å². The van der Waals surface area contributed by atoms with Crippen molar-refractivity contribution in [1.82, 2.24) is 4.90 Å². The number of hydrogen-bond acceptors (Lipinski definition) is 4. The molecule has 1 unspecified atom stereocenters. The van der Waals surface area contributed by atoms with Crippen molar-refractivity contribution < 1.29 is 28.2 Å². The SMILES string of the molecule is CC(C)(C)[Si](C)(C)OC[C@@]1(C(N)=O)C(Cc2ccccc2)C[C@H](c2ccc(OCc3ccccc3F)cc2)N1C(=O)O. The fourth-order valence-electron chi connectivity index (χ4n) is 5.43. The summed E-state index contributed by atoms with van der Waals surface area (Å²) in [5, 5.41) is 10.5. The summed E-state index contributed by atoms with van der Waals surface area (Å²) in [6.07, 6.45) is -0.372. The van der Waals surface area contributed by atoms with Crippen LogP contribution in [-0.4, -0.2) is 42.5 Å². The molecule has 0 saturated carbocycles. The fraction of sp³-hybridized carbons (Fsp3) is 0.394. The van der Waals surface area contributed by atoms with Crippen molar-refractivity contribution in [2.75, 3.05) is 6.61 Å². The number of likely N-dealkylation sites (tertiary alicyclic amines) is 1. The summed E-state index contributed by atoms with van der Waals surface area (Å²) >= 11 is 0. The molecule has 1 aliphatic rings. The van der Waals surface area contributed by atoms with Gasteiger partial charge in [-0.1, -0.05) is 81.4 Å². The second-order valence-corrected chi connectivity index (χ2v) is 17.4. The Labute approximate surface area is 248 Å². The molecular weight excluding hydrogens is 551 g/mol. The van der Waals surface area contributed by atoms with Crippen LogP contribution in [0.25, 0.3) is 0 Å². The van der Waals surface area contributed by atoms with Crippen LogP contribution in [0.3, 0.4) is 0 Å². The zero-order valence-electron chi connectivity index (χ0n) is 25.0. The van der Waals surface area contributed by atoms with Gasteiger partial charge in [-0.05, 0) is 66.2 Å². The van der Waals surface area contributed by atoms with E-state index >= 15 is 0 Å². The Bertz CT molecular complexity index is 1390. The van der Waals surface area contributed by atoms with Crippen LogP contribution in [0, 0.1) is 11.7 Å². The van der Waals surface area contributed by atoms with E-state index in [1.165, 1.54) is 11.0 Å². The second kappa shape index (κ2) is 12.3. The Balaban J connectivity index is 1.69. The summed E-state index contributed by atoms with van der Waals surface area (Å²) in [6, 6.07) is 22.6. The Morgan fingerprint density at radius 1 is 1.02 bits per heavy atom. The van der Waals surface area contributed by atoms with Crippen molar-refractivity contribution in [3.05, 3.63) is 101 Å². The molecule has 1 aliphatic heterocycles. The molecule has 0 aliphatic carbocycles. The van der Waals surface area contributed by atoms with Crippen molar-refractivity contribution in [2.24, 2.45) is 11.7 Å². The minimum absolute atomic E-state index is 0.0609. The lowest BCUT2D eigenvalue weighted by Crippen LogP contribution is -2.64. The summed E-state index contributed by atoms with van der Waals surface area (Å²) in [7, 11) is -2.37. The molecular formula is C33H41FN2O5Si. The van der Waals surface area contributed by atoms with E-state index in [1.54, 1.807) is 42.5 Å². The molecule has 1 fully saturated rings. The molecule has 2 amide bonds. The maximum atomic E-state index is 14.0. The molecule has 3 atom stereocenters. The molecule has 3 aromatic rings. The van der Waals surface area contributed by atoms with E-state index < -0.39 is 37.8 Å². The van der Waals surface area contributed by atoms with Crippen LogP contribution >= 0.6 is 0 Å². The van der Waals surface area contributed by atoms with E-state index in [-0.39, 0.29) is 24.1 Å². The maximum absolute atomic E-state index is 14.0. The van der Waals surface area contributed by atoms with Crippen LogP contribution in [0.1, 0.15) is 49.9 Å². The summed E-state index contributed by atoms with van der Waals surface area (Å²) in [5.74, 6) is -0.952. The highest BCUT2D eigenvalue weighted by Crippen LogP contribution is 2.49. The first kappa shape index (κ1) is 31.2. The van der Waals surface area contributed by atoms with Crippen LogP contribution < -0.4 is 10.5 Å². The van der Waals surface area contributed by atoms with Crippen LogP contribution in [0.5, 0.6) is 5.75 Å². The van der Waals surface area contributed by atoms with Gasteiger partial charge in [0, 0.05) is 5.56 Å². The molecule has 0 spiro atoms. The van der Waals surface area contributed by atoms with Gasteiger partial charge in [0.2, 0.25) is 5.91 Å². The van der Waals surface area contributed by atoms with Gasteiger partial charge in [0.05, 0.1) is 12.6 Å². The van der Waals surface area contributed by atoms with E-state index in [9.17, 15) is 19.1 Å². The first-order valence-electron chi connectivity index (χ1n) is 14.2. The molecule has 0 aromatic heterocycles. The highest BCUT2D eigenvalue weighted by molar-refractivity contribution is 6.74. The molecule has 0 radical (unpaired) electrons. The van der Waals surface area contributed by atoms with Gasteiger partial charge in [0.15, 0.2) is 13.9 Å². The van der Waals surface area contributed by atoms with E-state index in [4.69, 9.17) is 14.9 Å². The third kappa shape index (κ3) is 6.37. The Morgan fingerprint density at radius 3 is 2.21 bits per heavy atom. The topological polar surface area (TPSA) is 102 Å². The number of hydrogen-bond donors (Lipinski definition) is 2. The van der Waals surface area contributed by atoms with Crippen molar-refractivity contribution >= 4 is 20.3 Å². The normalized spacial score (nSPS) is 20.9. The highest BCUT2D eigenvalue weighted by Gasteiger charge is 2.60. The quantitative estimate of drug-likeness (QED) is 0.249. The van der Waals surface area contributed by atoms with Gasteiger partial charge < -0.3 is 20.0 Å². The molecule has 7 nitrogen and oxygen atoms in total. The minimum Gasteiger partial charge on any atom is -0.489 e. The van der Waals surface area contributed by atoms with Crippen LogP contribution in [0.2, 0.25) is 18.1 Å². The molecule has 3 N–H and O–H groups in total. The van der Waals surface area contributed by atoms with Crippen LogP contribution in [-0.2, 0) is 22.2 Å². The minimum atomic E-state index is -2.37. The van der Waals surface area contributed by atoms with E-state index in [0.29, 0.717) is 29.7 Å². The number of nitrogens with two attached hydrogens (primary N) is 1. The van der Waals surface area contributed by atoms with Gasteiger partial charge in [0.1, 0.15) is 18.2 Å². The van der Waals surface area contributed by atoms with Gasteiger partial charge in [0.25, 0.3) is 0 Å². The van der Waals surface area contributed by atoms with Crippen molar-refractivity contribution in [3.8, 4) is 5.75 Å². The smallest absolute Gasteiger partial charge is 0.408 e. The van der Waals surface area contributed by atoms with Crippen molar-refractivity contribution in [3.63, 3.8) is 0 Å². The van der Waals surface area contributed by atoms with Crippen molar-refractivity contribution in [2.45, 2.75) is 69.9 Å². The average molecular weight is 593 g/mol. The number of primary amides is 1. The van der Waals surface area contributed by atoms with E-state index in [0.717, 1.165) is 5.56 Å². The maximum Gasteiger partial charge on any atom is 0.408 e. The van der Waals surface area contributed by atoms with E-state index in [1.807, 2.05) is 30.3 Å². The summed E-state index contributed by atoms with van der Waals surface area (Å²) in [5.41, 5.74) is 6.73. The fourth-order valence-corrected chi connectivity index (χ4v) is 6.45. The molecule has 3 aromatic carbocycles. The van der Waals surface area contributed by atoms with Gasteiger partial charge in [-0.2, -0.15) is 0 Å². The third-order valence-corrected chi connectivity index (χ3v) is 13.4. The monoisotopic (exact) mass is 592 g/mol. The largest absolute Gasteiger partial charge is 0.489 e. The second-order valence-electron chi connectivity index (χ2n) is 12.6. The third-order valence-electron chi connectivity index (χ3n) is 8.96. The van der Waals surface area contributed by atoms with Crippen LogP contribution in [0.4, 0.5) is 9.18 Å². The Hall–Kier alpha value is -3.69.